The SMILES string of the molecule is O=C(NCc1ccccc1)c1cc2cc(Cl)cc(CNCc3ccccc3)c2[nH]c1=O. The molecular formula is C25H22ClN3O2. The molecule has 6 heteroatoms. The van der Waals surface area contributed by atoms with Gasteiger partial charge in [0.25, 0.3) is 11.5 Å². The van der Waals surface area contributed by atoms with Gasteiger partial charge in [-0.15, -0.1) is 0 Å². The van der Waals surface area contributed by atoms with Gasteiger partial charge < -0.3 is 15.6 Å². The van der Waals surface area contributed by atoms with Crippen LogP contribution in [0.5, 0.6) is 0 Å². The number of hydrogen-bond donors (Lipinski definition) is 3. The van der Waals surface area contributed by atoms with Crippen LogP contribution >= 0.6 is 11.6 Å². The summed E-state index contributed by atoms with van der Waals surface area (Å²) in [5.41, 5.74) is 3.31. The van der Waals surface area contributed by atoms with Crippen LogP contribution < -0.4 is 16.2 Å². The molecule has 1 aromatic heterocycles. The average molecular weight is 432 g/mol. The number of rotatable bonds is 7. The van der Waals surface area contributed by atoms with E-state index < -0.39 is 11.5 Å². The molecule has 1 amide bonds. The number of nitrogens with one attached hydrogen (secondary N) is 3. The Morgan fingerprint density at radius 3 is 2.16 bits per heavy atom. The summed E-state index contributed by atoms with van der Waals surface area (Å²) in [4.78, 5) is 28.1. The van der Waals surface area contributed by atoms with Gasteiger partial charge >= 0.3 is 0 Å². The highest BCUT2D eigenvalue weighted by Gasteiger charge is 2.14. The maximum Gasteiger partial charge on any atom is 0.261 e. The van der Waals surface area contributed by atoms with E-state index in [1.54, 1.807) is 12.1 Å². The lowest BCUT2D eigenvalue weighted by atomic mass is 10.1. The molecule has 0 atom stereocenters. The van der Waals surface area contributed by atoms with Crippen molar-refractivity contribution in [3.8, 4) is 0 Å². The quantitative estimate of drug-likeness (QED) is 0.406. The Hall–Kier alpha value is -3.41. The van der Waals surface area contributed by atoms with Crippen molar-refractivity contribution in [2.24, 2.45) is 0 Å². The van der Waals surface area contributed by atoms with Gasteiger partial charge in [0.1, 0.15) is 5.56 Å². The third kappa shape index (κ3) is 5.20. The maximum atomic E-state index is 12.6. The van der Waals surface area contributed by atoms with Crippen molar-refractivity contribution in [2.45, 2.75) is 19.6 Å². The molecule has 3 aromatic carbocycles. The van der Waals surface area contributed by atoms with Crippen LogP contribution in [0.2, 0.25) is 5.02 Å². The lowest BCUT2D eigenvalue weighted by Gasteiger charge is -2.11. The van der Waals surface area contributed by atoms with Crippen molar-refractivity contribution in [3.63, 3.8) is 0 Å². The van der Waals surface area contributed by atoms with E-state index in [1.807, 2.05) is 66.7 Å². The van der Waals surface area contributed by atoms with Gasteiger partial charge in [0, 0.05) is 30.0 Å². The Morgan fingerprint density at radius 1 is 0.839 bits per heavy atom. The fraction of sp³-hybridized carbons (Fsp3) is 0.120. The summed E-state index contributed by atoms with van der Waals surface area (Å²) in [7, 11) is 0. The zero-order valence-corrected chi connectivity index (χ0v) is 17.6. The molecule has 0 radical (unpaired) electrons. The third-order valence-electron chi connectivity index (χ3n) is 5.03. The molecule has 0 fully saturated rings. The second kappa shape index (κ2) is 9.60. The first-order valence-electron chi connectivity index (χ1n) is 10.0. The summed E-state index contributed by atoms with van der Waals surface area (Å²) in [6, 6.07) is 24.8. The van der Waals surface area contributed by atoms with E-state index in [1.165, 1.54) is 5.56 Å². The van der Waals surface area contributed by atoms with Crippen LogP contribution in [-0.4, -0.2) is 10.9 Å². The highest BCUT2D eigenvalue weighted by molar-refractivity contribution is 6.31. The number of carbonyl (C=O) groups excluding carboxylic acids is 1. The van der Waals surface area contributed by atoms with Crippen LogP contribution in [-0.2, 0) is 19.6 Å². The Morgan fingerprint density at radius 2 is 1.48 bits per heavy atom. The molecule has 0 saturated carbocycles. The van der Waals surface area contributed by atoms with E-state index in [0.29, 0.717) is 35.6 Å². The highest BCUT2D eigenvalue weighted by atomic mass is 35.5. The van der Waals surface area contributed by atoms with Gasteiger partial charge in [-0.2, -0.15) is 0 Å². The van der Waals surface area contributed by atoms with E-state index in [2.05, 4.69) is 15.6 Å². The van der Waals surface area contributed by atoms with E-state index in [4.69, 9.17) is 11.6 Å². The molecule has 0 saturated heterocycles. The predicted molar refractivity (Wildman–Crippen MR) is 124 cm³/mol. The Balaban J connectivity index is 1.54. The zero-order valence-electron chi connectivity index (χ0n) is 16.8. The molecular weight excluding hydrogens is 410 g/mol. The van der Waals surface area contributed by atoms with Crippen LogP contribution in [0.25, 0.3) is 10.9 Å². The van der Waals surface area contributed by atoms with Gasteiger partial charge in [0.05, 0.1) is 5.52 Å². The molecule has 4 rings (SSSR count). The number of benzene rings is 3. The van der Waals surface area contributed by atoms with E-state index in [9.17, 15) is 9.59 Å². The molecule has 31 heavy (non-hydrogen) atoms. The van der Waals surface area contributed by atoms with Crippen LogP contribution in [0.1, 0.15) is 27.0 Å². The van der Waals surface area contributed by atoms with Crippen molar-refractivity contribution >= 4 is 28.4 Å². The van der Waals surface area contributed by atoms with E-state index in [-0.39, 0.29) is 5.56 Å². The summed E-state index contributed by atoms with van der Waals surface area (Å²) in [6.07, 6.45) is 0. The highest BCUT2D eigenvalue weighted by Crippen LogP contribution is 2.22. The second-order valence-corrected chi connectivity index (χ2v) is 7.74. The monoisotopic (exact) mass is 431 g/mol. The zero-order chi connectivity index (χ0) is 21.6. The molecule has 156 valence electrons. The average Bonchev–Trinajstić information content (AvgIpc) is 2.79. The first kappa shape index (κ1) is 20.8. The predicted octanol–water partition coefficient (Wildman–Crippen LogP) is 4.40. The number of aromatic nitrogens is 1. The minimum atomic E-state index is -0.426. The van der Waals surface area contributed by atoms with Crippen molar-refractivity contribution in [1.82, 2.24) is 15.6 Å². The number of amides is 1. The molecule has 1 heterocycles. The summed E-state index contributed by atoms with van der Waals surface area (Å²) in [5.74, 6) is -0.421. The van der Waals surface area contributed by atoms with Crippen LogP contribution in [0.4, 0.5) is 0 Å². The summed E-state index contributed by atoms with van der Waals surface area (Å²) in [5, 5.41) is 7.43. The molecule has 5 nitrogen and oxygen atoms in total. The Kier molecular flexibility index (Phi) is 6.46. The largest absolute Gasteiger partial charge is 0.348 e. The van der Waals surface area contributed by atoms with E-state index in [0.717, 1.165) is 11.1 Å². The second-order valence-electron chi connectivity index (χ2n) is 7.30. The molecule has 0 bridgehead atoms. The fourth-order valence-electron chi connectivity index (χ4n) is 3.47. The minimum absolute atomic E-state index is 0.0638. The molecule has 0 aliphatic rings. The summed E-state index contributed by atoms with van der Waals surface area (Å²) < 4.78 is 0. The van der Waals surface area contributed by atoms with Gasteiger partial charge in [-0.3, -0.25) is 9.59 Å². The van der Waals surface area contributed by atoms with Crippen LogP contribution in [0.15, 0.2) is 83.7 Å². The first-order chi connectivity index (χ1) is 15.1. The molecule has 4 aromatic rings. The number of aromatic amines is 1. The molecule has 0 spiro atoms. The number of pyridine rings is 1. The Bertz CT molecular complexity index is 1250. The van der Waals surface area contributed by atoms with E-state index >= 15 is 0 Å². The smallest absolute Gasteiger partial charge is 0.261 e. The normalized spacial score (nSPS) is 10.9. The van der Waals surface area contributed by atoms with Crippen molar-refractivity contribution < 1.29 is 4.79 Å². The summed E-state index contributed by atoms with van der Waals surface area (Å²) >= 11 is 6.31. The molecule has 0 aliphatic carbocycles. The number of carbonyl (C=O) groups is 1. The maximum absolute atomic E-state index is 12.6. The minimum Gasteiger partial charge on any atom is -0.348 e. The first-order valence-corrected chi connectivity index (χ1v) is 10.4. The van der Waals surface area contributed by atoms with Crippen LogP contribution in [0.3, 0.4) is 0 Å². The number of H-pyrrole nitrogens is 1. The van der Waals surface area contributed by atoms with Crippen molar-refractivity contribution in [3.05, 3.63) is 116 Å². The fourth-order valence-corrected chi connectivity index (χ4v) is 3.72. The van der Waals surface area contributed by atoms with Crippen molar-refractivity contribution in [1.29, 1.82) is 0 Å². The number of fused-ring (bicyclic) bond motifs is 1. The number of hydrogen-bond acceptors (Lipinski definition) is 3. The van der Waals surface area contributed by atoms with Gasteiger partial charge in [-0.25, -0.2) is 0 Å². The lowest BCUT2D eigenvalue weighted by molar-refractivity contribution is 0.0949. The van der Waals surface area contributed by atoms with Gasteiger partial charge in [-0.1, -0.05) is 72.3 Å². The van der Waals surface area contributed by atoms with Crippen molar-refractivity contribution in [2.75, 3.05) is 0 Å². The Labute approximate surface area is 185 Å². The van der Waals surface area contributed by atoms with Gasteiger partial charge in [-0.05, 0) is 34.9 Å². The third-order valence-corrected chi connectivity index (χ3v) is 5.24. The topological polar surface area (TPSA) is 74.0 Å². The lowest BCUT2D eigenvalue weighted by Crippen LogP contribution is -2.29. The van der Waals surface area contributed by atoms with Gasteiger partial charge in [0.2, 0.25) is 0 Å². The van der Waals surface area contributed by atoms with Crippen LogP contribution in [0, 0.1) is 0 Å². The standard InChI is InChI=1S/C25H22ClN3O2/c26-21-11-19-13-22(24(30)28-15-18-9-5-2-6-10-18)25(31)29-23(19)20(12-21)16-27-14-17-7-3-1-4-8-17/h1-13,27H,14-16H2,(H,28,30)(H,29,31). The van der Waals surface area contributed by atoms with Gasteiger partial charge in [0.15, 0.2) is 0 Å². The molecule has 0 aliphatic heterocycles. The molecule has 0 unspecified atom stereocenters. The molecule has 3 N–H and O–H groups in total. The summed E-state index contributed by atoms with van der Waals surface area (Å²) in [6.45, 7) is 1.57. The number of halogens is 1.